The van der Waals surface area contributed by atoms with Gasteiger partial charge in [0.1, 0.15) is 0 Å². The standard InChI is InChI=1S/C14H23ClN2OS/c1-5-10-12(15)11(17(4)16-10)6-14(18)7-13(2,3)8-19-9-14/h18H,5-9H2,1-4H3. The Balaban J connectivity index is 2.23. The van der Waals surface area contributed by atoms with Crippen molar-refractivity contribution in [3.63, 3.8) is 0 Å². The Morgan fingerprint density at radius 3 is 2.63 bits per heavy atom. The highest BCUT2D eigenvalue weighted by molar-refractivity contribution is 7.99. The van der Waals surface area contributed by atoms with Crippen molar-refractivity contribution in [1.29, 1.82) is 0 Å². The van der Waals surface area contributed by atoms with E-state index >= 15 is 0 Å². The van der Waals surface area contributed by atoms with Crippen LogP contribution in [0.5, 0.6) is 0 Å². The number of halogens is 1. The first kappa shape index (κ1) is 15.2. The smallest absolute Gasteiger partial charge is 0.0850 e. The highest BCUT2D eigenvalue weighted by Crippen LogP contribution is 2.41. The lowest BCUT2D eigenvalue weighted by Gasteiger charge is -2.41. The van der Waals surface area contributed by atoms with Crippen molar-refractivity contribution in [2.75, 3.05) is 11.5 Å². The molecule has 2 rings (SSSR count). The fourth-order valence-electron chi connectivity index (χ4n) is 2.95. The van der Waals surface area contributed by atoms with Gasteiger partial charge in [0, 0.05) is 19.2 Å². The molecule has 0 radical (unpaired) electrons. The summed E-state index contributed by atoms with van der Waals surface area (Å²) in [5.41, 5.74) is 1.38. The third kappa shape index (κ3) is 3.29. The summed E-state index contributed by atoms with van der Waals surface area (Å²) in [4.78, 5) is 0. The SMILES string of the molecule is CCc1nn(C)c(CC2(O)CSCC(C)(C)C2)c1Cl. The Labute approximate surface area is 124 Å². The molecular weight excluding hydrogens is 280 g/mol. The summed E-state index contributed by atoms with van der Waals surface area (Å²) in [6.07, 6.45) is 2.23. The van der Waals surface area contributed by atoms with Crippen LogP contribution in [-0.4, -0.2) is 32.0 Å². The van der Waals surface area contributed by atoms with Gasteiger partial charge < -0.3 is 5.11 Å². The zero-order valence-electron chi connectivity index (χ0n) is 12.2. The molecule has 1 aliphatic heterocycles. The average molecular weight is 303 g/mol. The van der Waals surface area contributed by atoms with Crippen molar-refractivity contribution >= 4 is 23.4 Å². The Morgan fingerprint density at radius 2 is 2.11 bits per heavy atom. The second kappa shape index (κ2) is 5.30. The number of aryl methyl sites for hydroxylation is 2. The molecule has 0 aliphatic carbocycles. The molecule has 0 bridgehead atoms. The molecule has 5 heteroatoms. The molecule has 0 spiro atoms. The van der Waals surface area contributed by atoms with E-state index in [-0.39, 0.29) is 5.41 Å². The molecule has 0 amide bonds. The minimum absolute atomic E-state index is 0.177. The molecule has 1 saturated heterocycles. The lowest BCUT2D eigenvalue weighted by atomic mass is 9.80. The lowest BCUT2D eigenvalue weighted by molar-refractivity contribution is 0.0184. The van der Waals surface area contributed by atoms with Crippen LogP contribution in [-0.2, 0) is 19.9 Å². The summed E-state index contributed by atoms with van der Waals surface area (Å²) >= 11 is 8.21. The van der Waals surface area contributed by atoms with E-state index < -0.39 is 5.60 Å². The zero-order valence-corrected chi connectivity index (χ0v) is 13.7. The molecule has 19 heavy (non-hydrogen) atoms. The molecule has 108 valence electrons. The molecule has 1 N–H and O–H groups in total. The molecule has 1 fully saturated rings. The fraction of sp³-hybridized carbons (Fsp3) is 0.786. The highest BCUT2D eigenvalue weighted by Gasteiger charge is 2.40. The van der Waals surface area contributed by atoms with Crippen LogP contribution in [0.1, 0.15) is 38.6 Å². The summed E-state index contributed by atoms with van der Waals surface area (Å²) < 4.78 is 1.82. The van der Waals surface area contributed by atoms with Crippen molar-refractivity contribution in [3.8, 4) is 0 Å². The third-order valence-electron chi connectivity index (χ3n) is 3.67. The summed E-state index contributed by atoms with van der Waals surface area (Å²) in [7, 11) is 1.91. The van der Waals surface area contributed by atoms with Gasteiger partial charge in [-0.05, 0) is 24.0 Å². The second-order valence-electron chi connectivity index (χ2n) is 6.42. The molecule has 1 aliphatic rings. The van der Waals surface area contributed by atoms with Crippen LogP contribution in [0.15, 0.2) is 0 Å². The number of aliphatic hydroxyl groups is 1. The average Bonchev–Trinajstić information content (AvgIpc) is 2.54. The van der Waals surface area contributed by atoms with Crippen LogP contribution in [0.2, 0.25) is 5.02 Å². The minimum atomic E-state index is -0.672. The fourth-order valence-corrected chi connectivity index (χ4v) is 4.65. The maximum absolute atomic E-state index is 10.9. The van der Waals surface area contributed by atoms with Gasteiger partial charge in [0.15, 0.2) is 0 Å². The van der Waals surface area contributed by atoms with Gasteiger partial charge in [-0.15, -0.1) is 0 Å². The van der Waals surface area contributed by atoms with Gasteiger partial charge in [-0.25, -0.2) is 0 Å². The molecule has 1 aromatic rings. The summed E-state index contributed by atoms with van der Waals surface area (Å²) in [5, 5.41) is 16.0. The predicted octanol–water partition coefficient (Wildman–Crippen LogP) is 3.07. The minimum Gasteiger partial charge on any atom is -0.389 e. The lowest BCUT2D eigenvalue weighted by Crippen LogP contribution is -2.44. The van der Waals surface area contributed by atoms with Crippen LogP contribution in [0.4, 0.5) is 0 Å². The van der Waals surface area contributed by atoms with Gasteiger partial charge in [0.2, 0.25) is 0 Å². The van der Waals surface area contributed by atoms with Crippen LogP contribution < -0.4 is 0 Å². The normalized spacial score (nSPS) is 26.6. The second-order valence-corrected chi connectivity index (χ2v) is 7.78. The zero-order chi connectivity index (χ0) is 14.3. The topological polar surface area (TPSA) is 38.0 Å². The van der Waals surface area contributed by atoms with E-state index in [0.29, 0.717) is 6.42 Å². The maximum Gasteiger partial charge on any atom is 0.0850 e. The van der Waals surface area contributed by atoms with Crippen molar-refractivity contribution in [3.05, 3.63) is 16.4 Å². The van der Waals surface area contributed by atoms with Crippen molar-refractivity contribution < 1.29 is 5.11 Å². The molecule has 1 aromatic heterocycles. The number of hydrogen-bond donors (Lipinski definition) is 1. The third-order valence-corrected chi connectivity index (χ3v) is 5.83. The quantitative estimate of drug-likeness (QED) is 0.932. The summed E-state index contributed by atoms with van der Waals surface area (Å²) in [6.45, 7) is 6.48. The summed E-state index contributed by atoms with van der Waals surface area (Å²) in [6, 6.07) is 0. The molecule has 0 aromatic carbocycles. The monoisotopic (exact) mass is 302 g/mol. The molecule has 1 atom stereocenters. The van der Waals surface area contributed by atoms with E-state index in [1.807, 2.05) is 30.4 Å². The van der Waals surface area contributed by atoms with Gasteiger partial charge >= 0.3 is 0 Å². The van der Waals surface area contributed by atoms with Gasteiger partial charge in [-0.3, -0.25) is 4.68 Å². The van der Waals surface area contributed by atoms with Crippen LogP contribution in [0.3, 0.4) is 0 Å². The Kier molecular flexibility index (Phi) is 4.24. The highest BCUT2D eigenvalue weighted by atomic mass is 35.5. The van der Waals surface area contributed by atoms with Crippen LogP contribution >= 0.6 is 23.4 Å². The van der Waals surface area contributed by atoms with E-state index in [2.05, 4.69) is 18.9 Å². The molecule has 1 unspecified atom stereocenters. The molecule has 2 heterocycles. The number of nitrogens with zero attached hydrogens (tertiary/aromatic N) is 2. The van der Waals surface area contributed by atoms with E-state index in [0.717, 1.165) is 40.8 Å². The van der Waals surface area contributed by atoms with Crippen LogP contribution in [0, 0.1) is 5.41 Å². The largest absolute Gasteiger partial charge is 0.389 e. The van der Waals surface area contributed by atoms with Crippen molar-refractivity contribution in [1.82, 2.24) is 9.78 Å². The first-order chi connectivity index (χ1) is 8.76. The molecular formula is C14H23ClN2OS. The first-order valence-corrected chi connectivity index (χ1v) is 8.30. The summed E-state index contributed by atoms with van der Waals surface area (Å²) in [5.74, 6) is 1.88. The number of thioether (sulfide) groups is 1. The Hall–Kier alpha value is -0.190. The van der Waals surface area contributed by atoms with E-state index in [9.17, 15) is 5.11 Å². The predicted molar refractivity (Wildman–Crippen MR) is 82.0 cm³/mol. The van der Waals surface area contributed by atoms with Crippen molar-refractivity contribution in [2.45, 2.75) is 45.6 Å². The molecule has 3 nitrogen and oxygen atoms in total. The van der Waals surface area contributed by atoms with E-state index in [4.69, 9.17) is 11.6 Å². The van der Waals surface area contributed by atoms with E-state index in [1.165, 1.54) is 0 Å². The van der Waals surface area contributed by atoms with Crippen LogP contribution in [0.25, 0.3) is 0 Å². The number of rotatable bonds is 3. The van der Waals surface area contributed by atoms with Crippen molar-refractivity contribution in [2.24, 2.45) is 12.5 Å². The number of hydrogen-bond acceptors (Lipinski definition) is 3. The molecule has 0 saturated carbocycles. The van der Waals surface area contributed by atoms with E-state index in [1.54, 1.807) is 0 Å². The van der Waals surface area contributed by atoms with Gasteiger partial charge in [-0.1, -0.05) is 32.4 Å². The van der Waals surface area contributed by atoms with Gasteiger partial charge in [0.25, 0.3) is 0 Å². The Morgan fingerprint density at radius 1 is 1.42 bits per heavy atom. The first-order valence-electron chi connectivity index (χ1n) is 6.77. The maximum atomic E-state index is 10.9. The van der Waals surface area contributed by atoms with Gasteiger partial charge in [-0.2, -0.15) is 16.9 Å². The number of aromatic nitrogens is 2. The Bertz CT molecular complexity index is 472. The van der Waals surface area contributed by atoms with Gasteiger partial charge in [0.05, 0.1) is 22.0 Å².